The zero-order chi connectivity index (χ0) is 31.2. The van der Waals surface area contributed by atoms with E-state index in [9.17, 15) is 24.0 Å². The molecule has 5 amide bonds. The standard InChI is InChI=1S/C23H33ClN10O7/c1-21(2,3)40-19(38)30-18-27-10-23(34(18)20(39)41-22(4,5)6)15(7-16(37)33(11-35)12-36)13(8-28-31-25)14(17(23)24)9-29-32-26/h11-15,17H,7-10H2,1-6H3,(H,27,30,38)/t13-,14-,15+,17+,23+/m1/s1. The first-order valence-corrected chi connectivity index (χ1v) is 12.9. The number of halogens is 1. The Labute approximate surface area is 240 Å². The Bertz CT molecular complexity index is 1180. The average Bonchev–Trinajstić information content (AvgIpc) is 3.31. The quantitative estimate of drug-likeness (QED) is 0.144. The van der Waals surface area contributed by atoms with Crippen molar-refractivity contribution < 1.29 is 33.4 Å². The van der Waals surface area contributed by atoms with E-state index in [1.54, 1.807) is 41.5 Å². The van der Waals surface area contributed by atoms with Crippen LogP contribution in [-0.4, -0.2) is 88.4 Å². The molecule has 0 aromatic rings. The van der Waals surface area contributed by atoms with Gasteiger partial charge in [0.2, 0.25) is 24.7 Å². The first-order chi connectivity index (χ1) is 19.1. The van der Waals surface area contributed by atoms with Gasteiger partial charge in [0.25, 0.3) is 0 Å². The predicted molar refractivity (Wildman–Crippen MR) is 144 cm³/mol. The lowest BCUT2D eigenvalue weighted by molar-refractivity contribution is -0.144. The van der Waals surface area contributed by atoms with E-state index in [0.717, 1.165) is 4.90 Å². The molecule has 5 atom stereocenters. The van der Waals surface area contributed by atoms with Gasteiger partial charge in [-0.25, -0.2) is 24.4 Å². The lowest BCUT2D eigenvalue weighted by Gasteiger charge is -2.43. The number of azide groups is 2. The van der Waals surface area contributed by atoms with Crippen LogP contribution in [0.2, 0.25) is 0 Å². The molecule has 224 valence electrons. The smallest absolute Gasteiger partial charge is 0.417 e. The Morgan fingerprint density at radius 3 is 2.10 bits per heavy atom. The number of alkyl carbamates (subject to hydrolysis) is 1. The summed E-state index contributed by atoms with van der Waals surface area (Å²) in [5, 5.41) is 8.60. The molecule has 1 saturated carbocycles. The molecule has 1 heterocycles. The molecule has 0 aromatic carbocycles. The van der Waals surface area contributed by atoms with Crippen molar-refractivity contribution in [1.82, 2.24) is 15.1 Å². The largest absolute Gasteiger partial charge is 0.444 e. The second-order valence-electron chi connectivity index (χ2n) is 11.5. The first-order valence-electron chi connectivity index (χ1n) is 12.5. The van der Waals surface area contributed by atoms with E-state index < -0.39 is 64.4 Å². The van der Waals surface area contributed by atoms with E-state index >= 15 is 0 Å². The van der Waals surface area contributed by atoms with E-state index in [0.29, 0.717) is 0 Å². The number of guanidine groups is 1. The third-order valence-electron chi connectivity index (χ3n) is 6.48. The summed E-state index contributed by atoms with van der Waals surface area (Å²) in [4.78, 5) is 73.5. The Kier molecular flexibility index (Phi) is 10.6. The molecule has 17 nitrogen and oxygen atoms in total. The van der Waals surface area contributed by atoms with E-state index in [4.69, 9.17) is 32.1 Å². The molecule has 41 heavy (non-hydrogen) atoms. The van der Waals surface area contributed by atoms with Crippen LogP contribution in [0.5, 0.6) is 0 Å². The third-order valence-corrected chi connectivity index (χ3v) is 7.18. The maximum absolute atomic E-state index is 13.8. The zero-order valence-electron chi connectivity index (χ0n) is 23.6. The minimum Gasteiger partial charge on any atom is -0.444 e. The number of carbonyl (C=O) groups excluding carboxylic acids is 5. The highest BCUT2D eigenvalue weighted by Gasteiger charge is 2.67. The van der Waals surface area contributed by atoms with Crippen molar-refractivity contribution >= 4 is 48.5 Å². The fraction of sp³-hybridized carbons (Fsp3) is 0.739. The maximum Gasteiger partial charge on any atom is 0.417 e. The molecule has 1 fully saturated rings. The van der Waals surface area contributed by atoms with Crippen LogP contribution in [0.15, 0.2) is 15.2 Å². The molecule has 18 heteroatoms. The highest BCUT2D eigenvalue weighted by molar-refractivity contribution is 6.23. The number of rotatable bonds is 8. The van der Waals surface area contributed by atoms with Crippen LogP contribution in [0.3, 0.4) is 0 Å². The number of aliphatic imine (C=N–C) groups is 1. The highest BCUT2D eigenvalue weighted by atomic mass is 35.5. The summed E-state index contributed by atoms with van der Waals surface area (Å²) in [5.74, 6) is -3.83. The fourth-order valence-corrected chi connectivity index (χ4v) is 5.66. The summed E-state index contributed by atoms with van der Waals surface area (Å²) in [7, 11) is 0. The number of ether oxygens (including phenoxy) is 2. The minimum absolute atomic E-state index is 0.0291. The number of alkyl halides is 1. The predicted octanol–water partition coefficient (Wildman–Crippen LogP) is 3.48. The summed E-state index contributed by atoms with van der Waals surface area (Å²) in [6.07, 6.45) is -2.40. The Morgan fingerprint density at radius 1 is 1.07 bits per heavy atom. The van der Waals surface area contributed by atoms with Gasteiger partial charge in [-0.3, -0.25) is 19.7 Å². The van der Waals surface area contributed by atoms with Crippen LogP contribution in [0, 0.1) is 17.8 Å². The summed E-state index contributed by atoms with van der Waals surface area (Å²) >= 11 is 7.05. The number of imide groups is 3. The number of nitrogens with zero attached hydrogens (tertiary/aromatic N) is 9. The van der Waals surface area contributed by atoms with Crippen molar-refractivity contribution in [1.29, 1.82) is 0 Å². The van der Waals surface area contributed by atoms with Crippen molar-refractivity contribution in [2.24, 2.45) is 33.0 Å². The lowest BCUT2D eigenvalue weighted by Crippen LogP contribution is -2.63. The van der Waals surface area contributed by atoms with Gasteiger partial charge in [-0.1, -0.05) is 10.2 Å². The van der Waals surface area contributed by atoms with Gasteiger partial charge in [0.1, 0.15) is 11.2 Å². The molecular weight excluding hydrogens is 564 g/mol. The van der Waals surface area contributed by atoms with Gasteiger partial charge in [0.05, 0.1) is 17.5 Å². The van der Waals surface area contributed by atoms with Crippen molar-refractivity contribution in [3.8, 4) is 0 Å². The summed E-state index contributed by atoms with van der Waals surface area (Å²) < 4.78 is 10.9. The molecule has 2 rings (SSSR count). The average molecular weight is 597 g/mol. The molecule has 0 bridgehead atoms. The van der Waals surface area contributed by atoms with Crippen LogP contribution in [-0.2, 0) is 23.9 Å². The van der Waals surface area contributed by atoms with Crippen LogP contribution in [0.4, 0.5) is 9.59 Å². The first kappa shape index (κ1) is 33.1. The van der Waals surface area contributed by atoms with E-state index in [2.05, 4.69) is 30.4 Å². The number of carbonyl (C=O) groups is 5. The van der Waals surface area contributed by atoms with Gasteiger partial charge in [-0.05, 0) is 70.4 Å². The van der Waals surface area contributed by atoms with E-state index in [1.807, 2.05) is 0 Å². The number of hydrogen-bond donors (Lipinski definition) is 1. The molecule has 0 aromatic heterocycles. The molecule has 1 spiro atoms. The molecule has 1 aliphatic heterocycles. The molecule has 0 saturated heterocycles. The van der Waals surface area contributed by atoms with Crippen LogP contribution in [0.25, 0.3) is 20.9 Å². The van der Waals surface area contributed by atoms with Gasteiger partial charge in [0.15, 0.2) is 0 Å². The van der Waals surface area contributed by atoms with Gasteiger partial charge in [0, 0.05) is 29.3 Å². The van der Waals surface area contributed by atoms with Gasteiger partial charge < -0.3 is 9.47 Å². The van der Waals surface area contributed by atoms with E-state index in [-0.39, 0.29) is 43.3 Å². The van der Waals surface area contributed by atoms with Gasteiger partial charge in [-0.2, -0.15) is 0 Å². The normalized spacial score (nSPS) is 25.3. The summed E-state index contributed by atoms with van der Waals surface area (Å²) in [5.41, 5.74) is 14.5. The zero-order valence-corrected chi connectivity index (χ0v) is 24.3. The van der Waals surface area contributed by atoms with Crippen molar-refractivity contribution in [2.45, 2.75) is 70.1 Å². The van der Waals surface area contributed by atoms with Crippen LogP contribution >= 0.6 is 11.6 Å². The minimum atomic E-state index is -1.63. The number of hydrogen-bond acceptors (Lipinski definition) is 10. The Morgan fingerprint density at radius 2 is 1.61 bits per heavy atom. The topological polar surface area (TPSA) is 232 Å². The second-order valence-corrected chi connectivity index (χ2v) is 11.9. The highest BCUT2D eigenvalue weighted by Crippen LogP contribution is 2.54. The molecule has 0 radical (unpaired) electrons. The van der Waals surface area contributed by atoms with Crippen LogP contribution in [0.1, 0.15) is 48.0 Å². The van der Waals surface area contributed by atoms with Crippen LogP contribution < -0.4 is 5.32 Å². The fourth-order valence-electron chi connectivity index (χ4n) is 5.07. The van der Waals surface area contributed by atoms with Crippen molar-refractivity contribution in [3.05, 3.63) is 20.9 Å². The molecule has 1 N–H and O–H groups in total. The lowest BCUT2D eigenvalue weighted by atomic mass is 9.79. The van der Waals surface area contributed by atoms with Crippen molar-refractivity contribution in [2.75, 3.05) is 19.6 Å². The van der Waals surface area contributed by atoms with E-state index in [1.165, 1.54) is 0 Å². The number of nitrogens with one attached hydrogen (secondary N) is 1. The van der Waals surface area contributed by atoms with Gasteiger partial charge >= 0.3 is 12.2 Å². The monoisotopic (exact) mass is 596 g/mol. The summed E-state index contributed by atoms with van der Waals surface area (Å²) in [6.45, 7) is 9.00. The molecule has 1 aliphatic carbocycles. The maximum atomic E-state index is 13.8. The SMILES string of the molecule is CC(C)(C)OC(=O)NC1=NC[C@]2([C@@H](Cl)[C@H](CN=[N+]=[N-])[C@@H](CN=[N+]=[N-])[C@@H]2CC(=O)N(C=O)C=O)N1C(=O)OC(C)(C)C. The Balaban J connectivity index is 2.76. The molecule has 2 aliphatic rings. The second kappa shape index (κ2) is 13.1. The summed E-state index contributed by atoms with van der Waals surface area (Å²) in [6, 6.07) is 0. The number of amides is 5. The Hall–Kier alpha value is -4.07. The molecular formula is C23H33ClN10O7. The van der Waals surface area contributed by atoms with Gasteiger partial charge in [-0.15, -0.1) is 11.6 Å². The van der Waals surface area contributed by atoms with Crippen molar-refractivity contribution in [3.63, 3.8) is 0 Å². The molecule has 0 unspecified atom stereocenters. The third kappa shape index (κ3) is 7.57.